The molecule has 1 aliphatic heterocycles. The van der Waals surface area contributed by atoms with Gasteiger partial charge < -0.3 is 13.8 Å². The molecule has 6 heteroatoms. The number of aryl methyl sites for hydroxylation is 2. The van der Waals surface area contributed by atoms with Gasteiger partial charge in [0, 0.05) is 26.3 Å². The van der Waals surface area contributed by atoms with Crippen molar-refractivity contribution < 1.29 is 13.7 Å². The van der Waals surface area contributed by atoms with E-state index in [0.29, 0.717) is 24.6 Å². The van der Waals surface area contributed by atoms with Gasteiger partial charge in [0.1, 0.15) is 5.76 Å². The second kappa shape index (κ2) is 5.48. The summed E-state index contributed by atoms with van der Waals surface area (Å²) in [7, 11) is 0. The van der Waals surface area contributed by atoms with Crippen LogP contribution in [-0.4, -0.2) is 27.5 Å². The van der Waals surface area contributed by atoms with Crippen molar-refractivity contribution in [2.45, 2.75) is 38.6 Å². The third-order valence-electron chi connectivity index (χ3n) is 3.58. The molecule has 1 saturated heterocycles. The second-order valence-corrected chi connectivity index (χ2v) is 5.00. The number of hydrogen-bond acceptors (Lipinski definition) is 5. The van der Waals surface area contributed by atoms with Gasteiger partial charge in [0.2, 0.25) is 11.8 Å². The van der Waals surface area contributed by atoms with Gasteiger partial charge in [-0.3, -0.25) is 4.79 Å². The van der Waals surface area contributed by atoms with Crippen LogP contribution in [0.4, 0.5) is 0 Å². The van der Waals surface area contributed by atoms with Crippen molar-refractivity contribution in [1.82, 2.24) is 15.0 Å². The van der Waals surface area contributed by atoms with Crippen LogP contribution in [0.25, 0.3) is 0 Å². The number of nitrogens with zero attached hydrogens (tertiary/aromatic N) is 3. The molecule has 1 aliphatic rings. The predicted molar refractivity (Wildman–Crippen MR) is 69.8 cm³/mol. The molecule has 6 nitrogen and oxygen atoms in total. The van der Waals surface area contributed by atoms with Crippen molar-refractivity contribution in [3.05, 3.63) is 35.9 Å². The molecule has 0 N–H and O–H groups in total. The molecular weight excluding hydrogens is 258 g/mol. The highest BCUT2D eigenvalue weighted by Gasteiger charge is 2.32. The van der Waals surface area contributed by atoms with E-state index in [1.165, 1.54) is 0 Å². The smallest absolute Gasteiger partial charge is 0.223 e. The first-order valence-electron chi connectivity index (χ1n) is 6.86. The van der Waals surface area contributed by atoms with E-state index in [4.69, 9.17) is 8.94 Å². The lowest BCUT2D eigenvalue weighted by atomic mass is 10.2. The Morgan fingerprint density at radius 2 is 2.45 bits per heavy atom. The van der Waals surface area contributed by atoms with E-state index in [-0.39, 0.29) is 11.9 Å². The number of furan rings is 1. The lowest BCUT2D eigenvalue weighted by Gasteiger charge is -2.22. The fourth-order valence-electron chi connectivity index (χ4n) is 2.61. The van der Waals surface area contributed by atoms with Gasteiger partial charge in [-0.1, -0.05) is 5.16 Å². The summed E-state index contributed by atoms with van der Waals surface area (Å²) in [6, 6.07) is 3.68. The molecule has 1 amide bonds. The third kappa shape index (κ3) is 2.59. The molecule has 0 unspecified atom stereocenters. The van der Waals surface area contributed by atoms with Crippen molar-refractivity contribution in [2.24, 2.45) is 0 Å². The summed E-state index contributed by atoms with van der Waals surface area (Å²) in [5.74, 6) is 2.11. The second-order valence-electron chi connectivity index (χ2n) is 5.00. The van der Waals surface area contributed by atoms with Crippen LogP contribution in [0.1, 0.15) is 42.8 Å². The Morgan fingerprint density at radius 1 is 1.55 bits per heavy atom. The molecule has 3 heterocycles. The molecule has 0 saturated carbocycles. The maximum atomic E-state index is 12.3. The number of rotatable bonds is 4. The first-order chi connectivity index (χ1) is 9.74. The minimum absolute atomic E-state index is 0.0449. The third-order valence-corrected chi connectivity index (χ3v) is 3.58. The van der Waals surface area contributed by atoms with E-state index in [1.807, 2.05) is 17.0 Å². The Kier molecular flexibility index (Phi) is 3.54. The van der Waals surface area contributed by atoms with Crippen molar-refractivity contribution in [2.75, 3.05) is 6.54 Å². The number of carbonyl (C=O) groups is 1. The average Bonchev–Trinajstić information content (AvgIpc) is 3.16. The standard InChI is InChI=1S/C14H17N3O3/c1-10-15-14(16-20-10)12-5-2-8-17(12)13(18)7-6-11-4-3-9-19-11/h3-4,9,12H,2,5-8H2,1H3/t12-/m1/s1. The van der Waals surface area contributed by atoms with Crippen LogP contribution in [-0.2, 0) is 11.2 Å². The molecule has 0 bridgehead atoms. The number of likely N-dealkylation sites (tertiary alicyclic amines) is 1. The Bertz CT molecular complexity index is 576. The monoisotopic (exact) mass is 275 g/mol. The fraction of sp³-hybridized carbons (Fsp3) is 0.500. The highest BCUT2D eigenvalue weighted by molar-refractivity contribution is 5.77. The van der Waals surface area contributed by atoms with Crippen LogP contribution >= 0.6 is 0 Å². The SMILES string of the molecule is Cc1nc([C@H]2CCCN2C(=O)CCc2ccco2)no1. The van der Waals surface area contributed by atoms with Crippen LogP contribution in [0.2, 0.25) is 0 Å². The molecule has 2 aromatic heterocycles. The zero-order valence-corrected chi connectivity index (χ0v) is 11.4. The van der Waals surface area contributed by atoms with E-state index in [9.17, 15) is 4.79 Å². The molecule has 106 valence electrons. The molecule has 1 fully saturated rings. The first kappa shape index (κ1) is 12.9. The van der Waals surface area contributed by atoms with E-state index < -0.39 is 0 Å². The zero-order valence-electron chi connectivity index (χ0n) is 11.4. The summed E-state index contributed by atoms with van der Waals surface area (Å²) in [6.07, 6.45) is 4.57. The Balaban J connectivity index is 1.64. The topological polar surface area (TPSA) is 72.4 Å². The van der Waals surface area contributed by atoms with Crippen LogP contribution in [0.5, 0.6) is 0 Å². The minimum Gasteiger partial charge on any atom is -0.469 e. The van der Waals surface area contributed by atoms with Gasteiger partial charge >= 0.3 is 0 Å². The largest absolute Gasteiger partial charge is 0.469 e. The van der Waals surface area contributed by atoms with Crippen LogP contribution < -0.4 is 0 Å². The zero-order chi connectivity index (χ0) is 13.9. The lowest BCUT2D eigenvalue weighted by Crippen LogP contribution is -2.31. The van der Waals surface area contributed by atoms with Gasteiger partial charge in [-0.25, -0.2) is 0 Å². The number of carbonyl (C=O) groups excluding carboxylic acids is 1. The van der Waals surface area contributed by atoms with Crippen molar-refractivity contribution in [1.29, 1.82) is 0 Å². The van der Waals surface area contributed by atoms with Crippen LogP contribution in [0, 0.1) is 6.92 Å². The summed E-state index contributed by atoms with van der Waals surface area (Å²) in [5, 5.41) is 3.94. The van der Waals surface area contributed by atoms with E-state index in [1.54, 1.807) is 13.2 Å². The van der Waals surface area contributed by atoms with Crippen LogP contribution in [0.15, 0.2) is 27.3 Å². The molecule has 0 spiro atoms. The van der Waals surface area contributed by atoms with E-state index in [2.05, 4.69) is 10.1 Å². The summed E-state index contributed by atoms with van der Waals surface area (Å²) >= 11 is 0. The normalized spacial score (nSPS) is 18.6. The molecule has 3 rings (SSSR count). The summed E-state index contributed by atoms with van der Waals surface area (Å²) < 4.78 is 10.3. The van der Waals surface area contributed by atoms with Crippen LogP contribution in [0.3, 0.4) is 0 Å². The first-order valence-corrected chi connectivity index (χ1v) is 6.86. The van der Waals surface area contributed by atoms with Crippen molar-refractivity contribution in [3.8, 4) is 0 Å². The van der Waals surface area contributed by atoms with Gasteiger partial charge in [-0.15, -0.1) is 0 Å². The van der Waals surface area contributed by atoms with E-state index >= 15 is 0 Å². The Labute approximate surface area is 116 Å². The van der Waals surface area contributed by atoms with Gasteiger partial charge in [-0.2, -0.15) is 4.98 Å². The highest BCUT2D eigenvalue weighted by Crippen LogP contribution is 2.30. The van der Waals surface area contributed by atoms with Crippen molar-refractivity contribution >= 4 is 5.91 Å². The Morgan fingerprint density at radius 3 is 3.15 bits per heavy atom. The van der Waals surface area contributed by atoms with Gasteiger partial charge in [0.15, 0.2) is 5.82 Å². The summed E-state index contributed by atoms with van der Waals surface area (Å²) in [6.45, 7) is 2.52. The molecular formula is C14H17N3O3. The number of hydrogen-bond donors (Lipinski definition) is 0. The number of amides is 1. The maximum Gasteiger partial charge on any atom is 0.223 e. The average molecular weight is 275 g/mol. The Hall–Kier alpha value is -2.11. The lowest BCUT2D eigenvalue weighted by molar-refractivity contribution is -0.132. The molecule has 1 atom stereocenters. The van der Waals surface area contributed by atoms with Crippen molar-refractivity contribution in [3.63, 3.8) is 0 Å². The summed E-state index contributed by atoms with van der Waals surface area (Å²) in [4.78, 5) is 18.4. The molecule has 0 radical (unpaired) electrons. The van der Waals surface area contributed by atoms with Gasteiger partial charge in [0.25, 0.3) is 0 Å². The summed E-state index contributed by atoms with van der Waals surface area (Å²) in [5.41, 5.74) is 0. The minimum atomic E-state index is -0.0449. The predicted octanol–water partition coefficient (Wildman–Crippen LogP) is 2.27. The fourth-order valence-corrected chi connectivity index (χ4v) is 2.61. The quantitative estimate of drug-likeness (QED) is 0.855. The molecule has 0 aliphatic carbocycles. The number of aromatic nitrogens is 2. The molecule has 0 aromatic carbocycles. The maximum absolute atomic E-state index is 12.3. The molecule has 20 heavy (non-hydrogen) atoms. The van der Waals surface area contributed by atoms with Gasteiger partial charge in [-0.05, 0) is 25.0 Å². The molecule has 2 aromatic rings. The highest BCUT2D eigenvalue weighted by atomic mass is 16.5. The van der Waals surface area contributed by atoms with Gasteiger partial charge in [0.05, 0.1) is 12.3 Å². The van der Waals surface area contributed by atoms with E-state index in [0.717, 1.165) is 25.1 Å².